The van der Waals surface area contributed by atoms with E-state index in [1.165, 1.54) is 38.3 Å². The van der Waals surface area contributed by atoms with E-state index >= 15 is 0 Å². The topological polar surface area (TPSA) is 94.8 Å². The lowest BCUT2D eigenvalue weighted by molar-refractivity contribution is -0.116. The van der Waals surface area contributed by atoms with Gasteiger partial charge in [-0.3, -0.25) is 14.6 Å². The van der Waals surface area contributed by atoms with Crippen molar-refractivity contribution < 1.29 is 4.79 Å². The smallest absolute Gasteiger partial charge is 0.320 e. The molecule has 6 heteroatoms. The Morgan fingerprint density at radius 3 is 2.29 bits per heavy atom. The first-order chi connectivity index (χ1) is 10.1. The number of carbonyl (C=O) groups is 1. The SMILES string of the molecule is CCCCCCCCCCC(=O)Nc1c[nH]c(=O)[nH]c1=O. The molecule has 1 amide bonds. The molecule has 0 aliphatic carbocycles. The molecule has 118 valence electrons. The zero-order valence-electron chi connectivity index (χ0n) is 12.7. The summed E-state index contributed by atoms with van der Waals surface area (Å²) in [5, 5.41) is 2.50. The average molecular weight is 295 g/mol. The number of carbonyl (C=O) groups excluding carboxylic acids is 1. The molecule has 1 aromatic heterocycles. The number of unbranched alkanes of at least 4 members (excludes halogenated alkanes) is 7. The van der Waals surface area contributed by atoms with Crippen LogP contribution >= 0.6 is 0 Å². The lowest BCUT2D eigenvalue weighted by Crippen LogP contribution is -2.26. The van der Waals surface area contributed by atoms with Crippen LogP contribution in [0.5, 0.6) is 0 Å². The highest BCUT2D eigenvalue weighted by atomic mass is 16.2. The number of nitrogens with one attached hydrogen (secondary N) is 3. The number of H-pyrrole nitrogens is 2. The van der Waals surface area contributed by atoms with Crippen molar-refractivity contribution in [1.29, 1.82) is 0 Å². The van der Waals surface area contributed by atoms with Gasteiger partial charge in [-0.15, -0.1) is 0 Å². The molecule has 0 spiro atoms. The van der Waals surface area contributed by atoms with Crippen molar-refractivity contribution in [3.63, 3.8) is 0 Å². The van der Waals surface area contributed by atoms with Crippen LogP contribution < -0.4 is 16.6 Å². The quantitative estimate of drug-likeness (QED) is 0.579. The second-order valence-electron chi connectivity index (χ2n) is 5.26. The van der Waals surface area contributed by atoms with Crippen LogP contribution in [0.25, 0.3) is 0 Å². The normalized spacial score (nSPS) is 10.5. The molecule has 1 rings (SSSR count). The summed E-state index contributed by atoms with van der Waals surface area (Å²) in [5.41, 5.74) is -1.08. The zero-order chi connectivity index (χ0) is 15.5. The molecule has 6 nitrogen and oxygen atoms in total. The summed E-state index contributed by atoms with van der Waals surface area (Å²) in [5.74, 6) is -0.196. The number of aromatic nitrogens is 2. The van der Waals surface area contributed by atoms with E-state index in [0.717, 1.165) is 19.3 Å². The number of hydrogen-bond acceptors (Lipinski definition) is 3. The molecule has 0 aliphatic heterocycles. The first-order valence-electron chi connectivity index (χ1n) is 7.75. The van der Waals surface area contributed by atoms with Crippen LogP contribution in [0.3, 0.4) is 0 Å². The highest BCUT2D eigenvalue weighted by Gasteiger charge is 2.05. The van der Waals surface area contributed by atoms with Gasteiger partial charge in [0.2, 0.25) is 5.91 Å². The van der Waals surface area contributed by atoms with Crippen molar-refractivity contribution in [3.05, 3.63) is 27.0 Å². The number of anilines is 1. The zero-order valence-corrected chi connectivity index (χ0v) is 12.7. The van der Waals surface area contributed by atoms with Gasteiger partial charge in [0.25, 0.3) is 5.56 Å². The van der Waals surface area contributed by atoms with E-state index in [0.29, 0.717) is 6.42 Å². The van der Waals surface area contributed by atoms with Crippen molar-refractivity contribution in [3.8, 4) is 0 Å². The van der Waals surface area contributed by atoms with E-state index in [1.54, 1.807) is 0 Å². The van der Waals surface area contributed by atoms with E-state index in [-0.39, 0.29) is 11.6 Å². The Kier molecular flexibility index (Phi) is 8.16. The molecule has 0 saturated carbocycles. The number of amides is 1. The second kappa shape index (κ2) is 9.96. The molecule has 0 saturated heterocycles. The predicted molar refractivity (Wildman–Crippen MR) is 83.5 cm³/mol. The van der Waals surface area contributed by atoms with Crippen molar-refractivity contribution >= 4 is 11.6 Å². The summed E-state index contributed by atoms with van der Waals surface area (Å²) in [7, 11) is 0. The van der Waals surface area contributed by atoms with Crippen molar-refractivity contribution in [2.75, 3.05) is 5.32 Å². The molecule has 3 N–H and O–H groups in total. The van der Waals surface area contributed by atoms with Crippen molar-refractivity contribution in [2.24, 2.45) is 0 Å². The molecule has 1 heterocycles. The molecule has 0 aromatic carbocycles. The molecular formula is C15H25N3O3. The Morgan fingerprint density at radius 2 is 1.67 bits per heavy atom. The highest BCUT2D eigenvalue weighted by molar-refractivity contribution is 5.90. The van der Waals surface area contributed by atoms with Crippen LogP contribution in [0.15, 0.2) is 15.8 Å². The van der Waals surface area contributed by atoms with Gasteiger partial charge in [0.15, 0.2) is 0 Å². The van der Waals surface area contributed by atoms with E-state index in [2.05, 4.69) is 22.2 Å². The van der Waals surface area contributed by atoms with Gasteiger partial charge < -0.3 is 10.3 Å². The molecule has 0 bridgehead atoms. The molecule has 21 heavy (non-hydrogen) atoms. The van der Waals surface area contributed by atoms with Crippen LogP contribution in [0, 0.1) is 0 Å². The fourth-order valence-corrected chi connectivity index (χ4v) is 2.13. The van der Waals surface area contributed by atoms with Gasteiger partial charge in [-0.2, -0.15) is 0 Å². The summed E-state index contributed by atoms with van der Waals surface area (Å²) in [6.45, 7) is 2.20. The Morgan fingerprint density at radius 1 is 1.05 bits per heavy atom. The Balaban J connectivity index is 2.14. The second-order valence-corrected chi connectivity index (χ2v) is 5.26. The first-order valence-corrected chi connectivity index (χ1v) is 7.75. The first kappa shape index (κ1) is 17.2. The lowest BCUT2D eigenvalue weighted by atomic mass is 10.1. The fraction of sp³-hybridized carbons (Fsp3) is 0.667. The van der Waals surface area contributed by atoms with Gasteiger partial charge in [0, 0.05) is 12.6 Å². The highest BCUT2D eigenvalue weighted by Crippen LogP contribution is 2.09. The lowest BCUT2D eigenvalue weighted by Gasteiger charge is -2.04. The minimum atomic E-state index is -0.582. The third-order valence-corrected chi connectivity index (χ3v) is 3.35. The maximum atomic E-state index is 11.7. The van der Waals surface area contributed by atoms with E-state index in [4.69, 9.17) is 0 Å². The summed E-state index contributed by atoms with van der Waals surface area (Å²) >= 11 is 0. The number of rotatable bonds is 10. The molecule has 0 unspecified atom stereocenters. The largest absolute Gasteiger partial charge is 0.325 e. The Labute approximate surface area is 124 Å². The molecule has 0 aliphatic rings. The molecule has 0 fully saturated rings. The van der Waals surface area contributed by atoms with Crippen LogP contribution in [-0.2, 0) is 4.79 Å². The molecular weight excluding hydrogens is 270 g/mol. The minimum absolute atomic E-state index is 0.0826. The maximum absolute atomic E-state index is 11.7. The third kappa shape index (κ3) is 7.48. The summed E-state index contributed by atoms with van der Waals surface area (Å²) in [6, 6.07) is 0. The minimum Gasteiger partial charge on any atom is -0.320 e. The van der Waals surface area contributed by atoms with E-state index in [1.807, 2.05) is 0 Å². The number of hydrogen-bond donors (Lipinski definition) is 3. The van der Waals surface area contributed by atoms with Gasteiger partial charge in [0.05, 0.1) is 0 Å². The van der Waals surface area contributed by atoms with Gasteiger partial charge in [-0.1, -0.05) is 51.9 Å². The van der Waals surface area contributed by atoms with Gasteiger partial charge in [-0.05, 0) is 6.42 Å². The molecule has 1 aromatic rings. The molecule has 0 atom stereocenters. The van der Waals surface area contributed by atoms with Crippen LogP contribution in [0.1, 0.15) is 64.7 Å². The summed E-state index contributed by atoms with van der Waals surface area (Å²) in [4.78, 5) is 38.3. The van der Waals surface area contributed by atoms with Crippen molar-refractivity contribution in [1.82, 2.24) is 9.97 Å². The van der Waals surface area contributed by atoms with Gasteiger partial charge >= 0.3 is 5.69 Å². The van der Waals surface area contributed by atoms with E-state index < -0.39 is 11.2 Å². The van der Waals surface area contributed by atoms with Crippen LogP contribution in [0.4, 0.5) is 5.69 Å². The van der Waals surface area contributed by atoms with Crippen LogP contribution in [0.2, 0.25) is 0 Å². The van der Waals surface area contributed by atoms with E-state index in [9.17, 15) is 14.4 Å². The predicted octanol–water partition coefficient (Wildman–Crippen LogP) is 2.53. The van der Waals surface area contributed by atoms with Gasteiger partial charge in [-0.25, -0.2) is 4.79 Å². The average Bonchev–Trinajstić information content (AvgIpc) is 2.45. The third-order valence-electron chi connectivity index (χ3n) is 3.35. The fourth-order valence-electron chi connectivity index (χ4n) is 2.13. The number of aromatic amines is 2. The van der Waals surface area contributed by atoms with Gasteiger partial charge in [0.1, 0.15) is 5.69 Å². The monoisotopic (exact) mass is 295 g/mol. The standard InChI is InChI=1S/C15H25N3O3/c1-2-3-4-5-6-7-8-9-10-13(19)17-12-11-16-15(21)18-14(12)20/h11H,2-10H2,1H3,(H,17,19)(H2,16,18,20,21). The summed E-state index contributed by atoms with van der Waals surface area (Å²) in [6.07, 6.45) is 11.0. The Hall–Kier alpha value is -1.85. The Bertz CT molecular complexity index is 533. The molecule has 0 radical (unpaired) electrons. The van der Waals surface area contributed by atoms with Crippen molar-refractivity contribution in [2.45, 2.75) is 64.7 Å². The maximum Gasteiger partial charge on any atom is 0.325 e. The van der Waals surface area contributed by atoms with Crippen LogP contribution in [-0.4, -0.2) is 15.9 Å². The summed E-state index contributed by atoms with van der Waals surface area (Å²) < 4.78 is 0.